The fourth-order valence-corrected chi connectivity index (χ4v) is 5.25. The average Bonchev–Trinajstić information content (AvgIpc) is 2.95. The largest absolute Gasteiger partial charge is 0.316 e. The maximum Gasteiger partial charge on any atom is 0.279 e. The number of thiazole rings is 1. The van der Waals surface area contributed by atoms with E-state index in [-0.39, 0.29) is 5.91 Å². The van der Waals surface area contributed by atoms with Gasteiger partial charge in [0.05, 0.1) is 10.2 Å². The fraction of sp³-hybridized carbons (Fsp3) is 0.300. The van der Waals surface area contributed by atoms with E-state index in [4.69, 9.17) is 11.6 Å². The van der Waals surface area contributed by atoms with E-state index in [2.05, 4.69) is 29.7 Å². The predicted octanol–water partition coefficient (Wildman–Crippen LogP) is 5.96. The summed E-state index contributed by atoms with van der Waals surface area (Å²) in [7, 11) is 0. The van der Waals surface area contributed by atoms with Crippen LogP contribution in [0, 0.1) is 0 Å². The number of hydrogen-bond acceptors (Lipinski definition) is 4. The number of fused-ring (bicyclic) bond motifs is 1. The number of aryl methyl sites for hydroxylation is 1. The minimum Gasteiger partial charge on any atom is -0.316 e. The maximum absolute atomic E-state index is 12.8. The van der Waals surface area contributed by atoms with Crippen molar-refractivity contribution in [1.82, 2.24) is 4.57 Å². The van der Waals surface area contributed by atoms with Crippen LogP contribution in [0.3, 0.4) is 0 Å². The Morgan fingerprint density at radius 3 is 2.81 bits per heavy atom. The van der Waals surface area contributed by atoms with E-state index in [9.17, 15) is 4.79 Å². The number of carbonyl (C=O) groups excluding carboxylic acids is 1. The molecule has 0 N–H and O–H groups in total. The Hall–Kier alpha value is -1.21. The molecule has 0 bridgehead atoms. The second-order valence-electron chi connectivity index (χ2n) is 6.25. The van der Waals surface area contributed by atoms with Gasteiger partial charge in [0.25, 0.3) is 5.91 Å². The standard InChI is InChI=1S/C20H21ClN2OS3/c1-13(2)26-16-6-4-5-14(11-16)19(24)22-20-23(9-10-25-3)17-8-7-15(21)12-18(17)27-20/h4-8,11-13H,9-10H2,1-3H3. The number of benzene rings is 2. The molecule has 1 amide bonds. The van der Waals surface area contributed by atoms with Crippen molar-refractivity contribution < 1.29 is 4.79 Å². The molecule has 2 aromatic carbocycles. The molecule has 0 radical (unpaired) electrons. The number of thioether (sulfide) groups is 2. The topological polar surface area (TPSA) is 34.4 Å². The van der Waals surface area contributed by atoms with Crippen molar-refractivity contribution >= 4 is 62.6 Å². The quantitative estimate of drug-likeness (QED) is 0.447. The summed E-state index contributed by atoms with van der Waals surface area (Å²) in [5.41, 5.74) is 1.68. The molecule has 3 aromatic rings. The molecule has 3 nitrogen and oxygen atoms in total. The zero-order valence-electron chi connectivity index (χ0n) is 15.4. The summed E-state index contributed by atoms with van der Waals surface area (Å²) < 4.78 is 3.15. The smallest absolute Gasteiger partial charge is 0.279 e. The van der Waals surface area contributed by atoms with Gasteiger partial charge < -0.3 is 4.57 Å². The van der Waals surface area contributed by atoms with E-state index in [1.807, 2.05) is 42.5 Å². The van der Waals surface area contributed by atoms with E-state index < -0.39 is 0 Å². The van der Waals surface area contributed by atoms with E-state index >= 15 is 0 Å². The van der Waals surface area contributed by atoms with Crippen molar-refractivity contribution in [3.05, 3.63) is 57.9 Å². The van der Waals surface area contributed by atoms with E-state index in [1.165, 1.54) is 11.3 Å². The zero-order valence-corrected chi connectivity index (χ0v) is 18.6. The molecular formula is C20H21ClN2OS3. The first-order valence-corrected chi connectivity index (χ1v) is 12.1. The number of aromatic nitrogens is 1. The van der Waals surface area contributed by atoms with Crippen molar-refractivity contribution in [1.29, 1.82) is 0 Å². The molecule has 1 heterocycles. The van der Waals surface area contributed by atoms with Crippen molar-refractivity contribution in [2.45, 2.75) is 30.5 Å². The van der Waals surface area contributed by atoms with Gasteiger partial charge in [0.1, 0.15) is 0 Å². The maximum atomic E-state index is 12.8. The number of nitrogens with zero attached hydrogens (tertiary/aromatic N) is 2. The molecule has 3 rings (SSSR count). The Morgan fingerprint density at radius 2 is 2.07 bits per heavy atom. The van der Waals surface area contributed by atoms with Crippen LogP contribution in [0.15, 0.2) is 52.4 Å². The first-order valence-electron chi connectivity index (χ1n) is 8.61. The molecule has 142 valence electrons. The Morgan fingerprint density at radius 1 is 1.26 bits per heavy atom. The zero-order chi connectivity index (χ0) is 19.4. The Bertz CT molecular complexity index is 1020. The van der Waals surface area contributed by atoms with E-state index in [0.717, 1.165) is 27.4 Å². The highest BCUT2D eigenvalue weighted by molar-refractivity contribution is 7.99. The van der Waals surface area contributed by atoms with Gasteiger partial charge in [-0.25, -0.2) is 0 Å². The van der Waals surface area contributed by atoms with Gasteiger partial charge >= 0.3 is 0 Å². The van der Waals surface area contributed by atoms with Crippen molar-refractivity contribution in [3.8, 4) is 0 Å². The molecule has 0 atom stereocenters. The fourth-order valence-electron chi connectivity index (χ4n) is 2.66. The highest BCUT2D eigenvalue weighted by atomic mass is 35.5. The van der Waals surface area contributed by atoms with Gasteiger partial charge in [-0.3, -0.25) is 4.79 Å². The third kappa shape index (κ3) is 5.19. The number of carbonyl (C=O) groups is 1. The van der Waals surface area contributed by atoms with Crippen LogP contribution in [0.25, 0.3) is 10.2 Å². The van der Waals surface area contributed by atoms with Gasteiger partial charge in [0, 0.05) is 33.0 Å². The number of hydrogen-bond donors (Lipinski definition) is 0. The monoisotopic (exact) mass is 436 g/mol. The lowest BCUT2D eigenvalue weighted by Crippen LogP contribution is -2.18. The first-order chi connectivity index (χ1) is 13.0. The van der Waals surface area contributed by atoms with Gasteiger partial charge in [-0.1, -0.05) is 42.9 Å². The van der Waals surface area contributed by atoms with E-state index in [1.54, 1.807) is 23.5 Å². The molecule has 0 spiro atoms. The number of halogens is 1. The Balaban J connectivity index is 2.02. The Labute approximate surface area is 176 Å². The minimum absolute atomic E-state index is 0.211. The highest BCUT2D eigenvalue weighted by Crippen LogP contribution is 2.24. The summed E-state index contributed by atoms with van der Waals surface area (Å²) in [6.45, 7) is 5.08. The predicted molar refractivity (Wildman–Crippen MR) is 121 cm³/mol. The molecule has 0 aliphatic heterocycles. The second-order valence-corrected chi connectivity index (χ2v) is 10.3. The lowest BCUT2D eigenvalue weighted by Gasteiger charge is -2.06. The molecule has 0 fully saturated rings. The van der Waals surface area contributed by atoms with Crippen LogP contribution in [0.1, 0.15) is 24.2 Å². The SMILES string of the molecule is CSCCn1c(=NC(=O)c2cccc(SC(C)C)c2)sc2cc(Cl)ccc21. The summed E-state index contributed by atoms with van der Waals surface area (Å²) in [6.07, 6.45) is 2.08. The van der Waals surface area contributed by atoms with Gasteiger partial charge in [0.2, 0.25) is 0 Å². The molecule has 1 aromatic heterocycles. The molecule has 0 aliphatic rings. The molecular weight excluding hydrogens is 416 g/mol. The van der Waals surface area contributed by atoms with Gasteiger partial charge in [-0.2, -0.15) is 16.8 Å². The number of amides is 1. The van der Waals surface area contributed by atoms with Crippen LogP contribution >= 0.6 is 46.5 Å². The van der Waals surface area contributed by atoms with Gasteiger partial charge in [0.15, 0.2) is 4.80 Å². The van der Waals surface area contributed by atoms with Crippen LogP contribution in [-0.4, -0.2) is 27.7 Å². The second kappa shape index (κ2) is 9.32. The average molecular weight is 437 g/mol. The van der Waals surface area contributed by atoms with Crippen LogP contribution in [0.5, 0.6) is 0 Å². The molecule has 27 heavy (non-hydrogen) atoms. The number of rotatable bonds is 6. The third-order valence-corrected chi connectivity index (χ3v) is 6.68. The normalized spacial score (nSPS) is 12.3. The summed E-state index contributed by atoms with van der Waals surface area (Å²) in [5, 5.41) is 1.16. The van der Waals surface area contributed by atoms with E-state index in [0.29, 0.717) is 20.6 Å². The van der Waals surface area contributed by atoms with Crippen molar-refractivity contribution in [2.24, 2.45) is 4.99 Å². The lowest BCUT2D eigenvalue weighted by molar-refractivity contribution is 0.0997. The lowest BCUT2D eigenvalue weighted by atomic mass is 10.2. The first kappa shape index (κ1) is 20.5. The molecule has 0 saturated heterocycles. The van der Waals surface area contributed by atoms with Crippen molar-refractivity contribution in [3.63, 3.8) is 0 Å². The minimum atomic E-state index is -0.211. The van der Waals surface area contributed by atoms with Gasteiger partial charge in [-0.15, -0.1) is 11.8 Å². The van der Waals surface area contributed by atoms with Crippen LogP contribution in [-0.2, 0) is 6.54 Å². The summed E-state index contributed by atoms with van der Waals surface area (Å²) in [4.78, 5) is 19.1. The van der Waals surface area contributed by atoms with Crippen LogP contribution in [0.2, 0.25) is 5.02 Å². The van der Waals surface area contributed by atoms with Crippen molar-refractivity contribution in [2.75, 3.05) is 12.0 Å². The summed E-state index contributed by atoms with van der Waals surface area (Å²) in [6, 6.07) is 13.5. The van der Waals surface area contributed by atoms with Crippen LogP contribution < -0.4 is 4.80 Å². The summed E-state index contributed by atoms with van der Waals surface area (Å²) in [5.74, 6) is 0.743. The molecule has 0 unspecified atom stereocenters. The van der Waals surface area contributed by atoms with Gasteiger partial charge in [-0.05, 0) is 42.7 Å². The highest BCUT2D eigenvalue weighted by Gasteiger charge is 2.11. The third-order valence-electron chi connectivity index (χ3n) is 3.81. The molecule has 0 aliphatic carbocycles. The molecule has 7 heteroatoms. The molecule has 0 saturated carbocycles. The Kier molecular flexibility index (Phi) is 7.09. The summed E-state index contributed by atoms with van der Waals surface area (Å²) >= 11 is 11.2. The van der Waals surface area contributed by atoms with Crippen LogP contribution in [0.4, 0.5) is 0 Å².